The molecule has 1 saturated carbocycles. The van der Waals surface area contributed by atoms with Crippen molar-refractivity contribution >= 4 is 0 Å². The van der Waals surface area contributed by atoms with E-state index in [1.54, 1.807) is 0 Å². The maximum atomic E-state index is 12.4. The largest absolute Gasteiger partial charge is 0.508 e. The van der Waals surface area contributed by atoms with E-state index in [0.29, 0.717) is 12.8 Å². The van der Waals surface area contributed by atoms with Gasteiger partial charge in [0.25, 0.3) is 0 Å². The van der Waals surface area contributed by atoms with E-state index in [4.69, 9.17) is 5.73 Å². The van der Waals surface area contributed by atoms with Crippen LogP contribution in [0, 0.1) is 0 Å². The minimum Gasteiger partial charge on any atom is -0.508 e. The van der Waals surface area contributed by atoms with Gasteiger partial charge in [0.1, 0.15) is 5.75 Å². The van der Waals surface area contributed by atoms with Crippen molar-refractivity contribution < 1.29 is 18.3 Å². The molecule has 1 aliphatic carbocycles. The number of phenols is 1. The molecule has 0 bridgehead atoms. The van der Waals surface area contributed by atoms with Gasteiger partial charge in [0.05, 0.1) is 5.56 Å². The van der Waals surface area contributed by atoms with Gasteiger partial charge in [-0.05, 0) is 31.0 Å². The van der Waals surface area contributed by atoms with Gasteiger partial charge in [-0.15, -0.1) is 0 Å². The molecule has 15 heavy (non-hydrogen) atoms. The van der Waals surface area contributed by atoms with E-state index in [2.05, 4.69) is 0 Å². The van der Waals surface area contributed by atoms with Crippen LogP contribution in [0.4, 0.5) is 13.2 Å². The van der Waals surface area contributed by atoms with Crippen LogP contribution in [0.3, 0.4) is 0 Å². The molecule has 2 nitrogen and oxygen atoms in total. The minimum atomic E-state index is -4.40. The van der Waals surface area contributed by atoms with Crippen LogP contribution in [0.2, 0.25) is 0 Å². The zero-order valence-corrected chi connectivity index (χ0v) is 7.80. The molecule has 0 saturated heterocycles. The lowest BCUT2D eigenvalue weighted by Gasteiger charge is -2.14. The second kappa shape index (κ2) is 2.88. The van der Waals surface area contributed by atoms with Crippen molar-refractivity contribution in [1.29, 1.82) is 0 Å². The number of halogens is 3. The molecule has 0 aromatic heterocycles. The average molecular weight is 217 g/mol. The van der Waals surface area contributed by atoms with E-state index >= 15 is 0 Å². The smallest absolute Gasteiger partial charge is 0.416 e. The maximum absolute atomic E-state index is 12.4. The van der Waals surface area contributed by atoms with Crippen molar-refractivity contribution in [1.82, 2.24) is 0 Å². The Morgan fingerprint density at radius 1 is 1.27 bits per heavy atom. The molecule has 2 rings (SSSR count). The first-order chi connectivity index (χ1) is 6.83. The Kier molecular flexibility index (Phi) is 1.98. The molecule has 0 spiro atoms. The van der Waals surface area contributed by atoms with E-state index in [0.717, 1.165) is 18.2 Å². The number of benzene rings is 1. The lowest BCUT2D eigenvalue weighted by atomic mass is 10.0. The first-order valence-corrected chi connectivity index (χ1v) is 4.52. The fourth-order valence-electron chi connectivity index (χ4n) is 1.52. The summed E-state index contributed by atoms with van der Waals surface area (Å²) >= 11 is 0. The van der Waals surface area contributed by atoms with Crippen LogP contribution in [0.5, 0.6) is 5.75 Å². The Bertz CT molecular complexity index is 396. The van der Waals surface area contributed by atoms with Crippen molar-refractivity contribution in [2.75, 3.05) is 0 Å². The van der Waals surface area contributed by atoms with E-state index in [1.807, 2.05) is 0 Å². The topological polar surface area (TPSA) is 46.2 Å². The third-order valence-electron chi connectivity index (χ3n) is 2.65. The molecule has 0 unspecified atom stereocenters. The quantitative estimate of drug-likeness (QED) is 0.758. The third-order valence-corrected chi connectivity index (χ3v) is 2.65. The third kappa shape index (κ3) is 1.79. The summed E-state index contributed by atoms with van der Waals surface area (Å²) in [4.78, 5) is 0. The predicted octanol–water partition coefficient (Wildman–Crippen LogP) is 2.36. The van der Waals surface area contributed by atoms with Gasteiger partial charge in [0.15, 0.2) is 0 Å². The standard InChI is InChI=1S/C10H10F3NO/c11-10(12,13)6-1-2-8(15)7(5-6)9(14)3-4-9/h1-2,5,15H,3-4,14H2. The SMILES string of the molecule is NC1(c2cc(C(F)(F)F)ccc2O)CC1. The molecule has 0 atom stereocenters. The van der Waals surface area contributed by atoms with Gasteiger partial charge in [0, 0.05) is 11.1 Å². The minimum absolute atomic E-state index is 0.164. The lowest BCUT2D eigenvalue weighted by molar-refractivity contribution is -0.137. The van der Waals surface area contributed by atoms with Gasteiger partial charge in [-0.1, -0.05) is 0 Å². The number of alkyl halides is 3. The Labute approximate surface area is 84.5 Å². The summed E-state index contributed by atoms with van der Waals surface area (Å²) in [6, 6.07) is 2.83. The van der Waals surface area contributed by atoms with Crippen molar-refractivity contribution in [2.45, 2.75) is 24.6 Å². The van der Waals surface area contributed by atoms with Crippen LogP contribution in [-0.4, -0.2) is 5.11 Å². The number of phenolic OH excluding ortho intramolecular Hbond substituents is 1. The molecule has 1 fully saturated rings. The van der Waals surface area contributed by atoms with Gasteiger partial charge >= 0.3 is 6.18 Å². The summed E-state index contributed by atoms with van der Waals surface area (Å²) in [5.41, 5.74) is 4.42. The highest BCUT2D eigenvalue weighted by atomic mass is 19.4. The van der Waals surface area contributed by atoms with Crippen LogP contribution in [-0.2, 0) is 11.7 Å². The van der Waals surface area contributed by atoms with Crippen LogP contribution in [0.15, 0.2) is 18.2 Å². The number of aromatic hydroxyl groups is 1. The Morgan fingerprint density at radius 3 is 2.33 bits per heavy atom. The van der Waals surface area contributed by atoms with Crippen molar-refractivity contribution in [2.24, 2.45) is 5.73 Å². The van der Waals surface area contributed by atoms with E-state index < -0.39 is 17.3 Å². The van der Waals surface area contributed by atoms with Crippen LogP contribution in [0.25, 0.3) is 0 Å². The fraction of sp³-hybridized carbons (Fsp3) is 0.400. The van der Waals surface area contributed by atoms with Gasteiger partial charge in [-0.2, -0.15) is 13.2 Å². The van der Waals surface area contributed by atoms with Crippen LogP contribution >= 0.6 is 0 Å². The summed E-state index contributed by atoms with van der Waals surface area (Å²) in [6.07, 6.45) is -3.17. The molecule has 0 aliphatic heterocycles. The second-order valence-corrected chi connectivity index (χ2v) is 3.89. The highest BCUT2D eigenvalue weighted by Gasteiger charge is 2.43. The molecule has 1 aromatic carbocycles. The zero-order valence-electron chi connectivity index (χ0n) is 7.80. The first-order valence-electron chi connectivity index (χ1n) is 4.52. The summed E-state index contributed by atoms with van der Waals surface area (Å²) in [7, 11) is 0. The molecule has 3 N–H and O–H groups in total. The average Bonchev–Trinajstić information content (AvgIpc) is 2.83. The number of hydrogen-bond donors (Lipinski definition) is 2. The molecular weight excluding hydrogens is 207 g/mol. The highest BCUT2D eigenvalue weighted by Crippen LogP contribution is 2.47. The number of rotatable bonds is 1. The second-order valence-electron chi connectivity index (χ2n) is 3.89. The highest BCUT2D eigenvalue weighted by molar-refractivity contribution is 5.44. The molecule has 0 radical (unpaired) electrons. The Balaban J connectivity index is 2.47. The number of nitrogens with two attached hydrogens (primary N) is 1. The van der Waals surface area contributed by atoms with E-state index in [-0.39, 0.29) is 11.3 Å². The molecule has 0 amide bonds. The molecule has 1 aromatic rings. The monoisotopic (exact) mass is 217 g/mol. The zero-order chi connectivity index (χ0) is 11.3. The summed E-state index contributed by atoms with van der Waals surface area (Å²) in [5, 5.41) is 9.43. The van der Waals surface area contributed by atoms with Gasteiger partial charge in [-0.3, -0.25) is 0 Å². The van der Waals surface area contributed by atoms with Gasteiger partial charge in [0.2, 0.25) is 0 Å². The molecular formula is C10H10F3NO. The summed E-state index contributed by atoms with van der Waals surface area (Å²) in [5.74, 6) is -0.164. The van der Waals surface area contributed by atoms with Crippen molar-refractivity contribution in [3.05, 3.63) is 29.3 Å². The predicted molar refractivity (Wildman–Crippen MR) is 48.2 cm³/mol. The number of hydrogen-bond acceptors (Lipinski definition) is 2. The van der Waals surface area contributed by atoms with E-state index in [9.17, 15) is 18.3 Å². The van der Waals surface area contributed by atoms with Gasteiger partial charge < -0.3 is 10.8 Å². The van der Waals surface area contributed by atoms with E-state index in [1.165, 1.54) is 0 Å². The van der Waals surface area contributed by atoms with Crippen LogP contribution < -0.4 is 5.73 Å². The Hall–Kier alpha value is -1.23. The lowest BCUT2D eigenvalue weighted by Crippen LogP contribution is -2.20. The molecule has 82 valence electrons. The molecule has 0 heterocycles. The molecule has 5 heteroatoms. The normalized spacial score (nSPS) is 18.9. The summed E-state index contributed by atoms with van der Waals surface area (Å²) < 4.78 is 37.2. The summed E-state index contributed by atoms with van der Waals surface area (Å²) in [6.45, 7) is 0. The van der Waals surface area contributed by atoms with Crippen molar-refractivity contribution in [3.8, 4) is 5.75 Å². The fourth-order valence-corrected chi connectivity index (χ4v) is 1.52. The molecule has 1 aliphatic rings. The van der Waals surface area contributed by atoms with Crippen LogP contribution in [0.1, 0.15) is 24.0 Å². The Morgan fingerprint density at radius 2 is 1.87 bits per heavy atom. The van der Waals surface area contributed by atoms with Gasteiger partial charge in [-0.25, -0.2) is 0 Å². The first kappa shape index (κ1) is 10.3. The van der Waals surface area contributed by atoms with Crippen molar-refractivity contribution in [3.63, 3.8) is 0 Å². The maximum Gasteiger partial charge on any atom is 0.416 e.